The number of carbonyl (C=O) groups excluding carboxylic acids is 2. The number of rotatable bonds is 11. The lowest BCUT2D eigenvalue weighted by atomic mass is 10.1. The monoisotopic (exact) mass is 523 g/mol. The first kappa shape index (κ1) is 27.7. The second kappa shape index (κ2) is 12.4. The van der Waals surface area contributed by atoms with Crippen molar-refractivity contribution < 1.29 is 22.7 Å². The number of amides is 2. The molecule has 0 radical (unpaired) electrons. The maximum Gasteiger partial charge on any atom is 0.264 e. The Hall–Kier alpha value is -3.85. The van der Waals surface area contributed by atoms with E-state index in [4.69, 9.17) is 4.74 Å². The lowest BCUT2D eigenvalue weighted by molar-refractivity contribution is -0.140. The SMILES string of the molecule is CCC(C(=O)NC)N(Cc1ccccc1C)C(=O)CN(c1cccc(OC)c1)S(=O)(=O)c1ccccc1. The normalized spacial score (nSPS) is 11.9. The highest BCUT2D eigenvalue weighted by Crippen LogP contribution is 2.28. The lowest BCUT2D eigenvalue weighted by Gasteiger charge is -2.33. The predicted molar refractivity (Wildman–Crippen MR) is 144 cm³/mol. The van der Waals surface area contributed by atoms with Crippen molar-refractivity contribution in [1.82, 2.24) is 10.2 Å². The number of carbonyl (C=O) groups is 2. The van der Waals surface area contributed by atoms with E-state index < -0.39 is 28.5 Å². The summed E-state index contributed by atoms with van der Waals surface area (Å²) in [5, 5.41) is 2.63. The minimum Gasteiger partial charge on any atom is -0.497 e. The molecule has 0 fully saturated rings. The van der Waals surface area contributed by atoms with Gasteiger partial charge in [0.05, 0.1) is 17.7 Å². The van der Waals surface area contributed by atoms with Crippen molar-refractivity contribution >= 4 is 27.5 Å². The first-order valence-corrected chi connectivity index (χ1v) is 13.4. The molecule has 0 heterocycles. The molecular formula is C28H33N3O5S. The number of nitrogens with one attached hydrogen (secondary N) is 1. The van der Waals surface area contributed by atoms with Gasteiger partial charge >= 0.3 is 0 Å². The second-order valence-electron chi connectivity index (χ2n) is 8.51. The fourth-order valence-corrected chi connectivity index (χ4v) is 5.50. The molecule has 0 saturated carbocycles. The van der Waals surface area contributed by atoms with Crippen LogP contribution in [0.2, 0.25) is 0 Å². The number of hydrogen-bond acceptors (Lipinski definition) is 5. The Labute approximate surface area is 218 Å². The van der Waals surface area contributed by atoms with Crippen LogP contribution in [-0.4, -0.2) is 51.9 Å². The van der Waals surface area contributed by atoms with Crippen molar-refractivity contribution in [3.8, 4) is 5.75 Å². The van der Waals surface area contributed by atoms with Crippen LogP contribution in [0.4, 0.5) is 5.69 Å². The van der Waals surface area contributed by atoms with E-state index >= 15 is 0 Å². The summed E-state index contributed by atoms with van der Waals surface area (Å²) in [6, 6.07) is 21.3. The predicted octanol–water partition coefficient (Wildman–Crippen LogP) is 3.75. The zero-order valence-corrected chi connectivity index (χ0v) is 22.4. The van der Waals surface area contributed by atoms with Crippen LogP contribution in [0.3, 0.4) is 0 Å². The van der Waals surface area contributed by atoms with Crippen LogP contribution in [-0.2, 0) is 26.2 Å². The molecular weight excluding hydrogens is 490 g/mol. The van der Waals surface area contributed by atoms with Crippen molar-refractivity contribution in [2.45, 2.75) is 37.8 Å². The molecule has 3 rings (SSSR count). The van der Waals surface area contributed by atoms with Crippen molar-refractivity contribution in [1.29, 1.82) is 0 Å². The molecule has 3 aromatic rings. The van der Waals surface area contributed by atoms with Gasteiger partial charge in [-0.25, -0.2) is 8.42 Å². The van der Waals surface area contributed by atoms with Gasteiger partial charge in [-0.3, -0.25) is 13.9 Å². The molecule has 0 aromatic heterocycles. The Balaban J connectivity index is 2.08. The molecule has 1 N–H and O–H groups in total. The van der Waals surface area contributed by atoms with E-state index in [9.17, 15) is 18.0 Å². The average Bonchev–Trinajstić information content (AvgIpc) is 2.92. The number of ether oxygens (including phenoxy) is 1. The molecule has 0 aliphatic rings. The molecule has 2 amide bonds. The highest BCUT2D eigenvalue weighted by Gasteiger charge is 2.33. The van der Waals surface area contributed by atoms with Gasteiger partial charge in [-0.2, -0.15) is 0 Å². The Morgan fingerprint density at radius 2 is 1.65 bits per heavy atom. The van der Waals surface area contributed by atoms with E-state index in [0.717, 1.165) is 15.4 Å². The zero-order valence-electron chi connectivity index (χ0n) is 21.5. The molecule has 0 saturated heterocycles. The van der Waals surface area contributed by atoms with Gasteiger partial charge in [0.2, 0.25) is 11.8 Å². The van der Waals surface area contributed by atoms with Gasteiger partial charge in [0.25, 0.3) is 10.0 Å². The van der Waals surface area contributed by atoms with Crippen LogP contribution in [0.15, 0.2) is 83.8 Å². The summed E-state index contributed by atoms with van der Waals surface area (Å²) < 4.78 is 33.9. The number of sulfonamides is 1. The minimum absolute atomic E-state index is 0.0504. The number of nitrogens with zero attached hydrogens (tertiary/aromatic N) is 2. The topological polar surface area (TPSA) is 96.0 Å². The van der Waals surface area contributed by atoms with Crippen LogP contribution >= 0.6 is 0 Å². The number of aryl methyl sites for hydroxylation is 1. The highest BCUT2D eigenvalue weighted by atomic mass is 32.2. The van der Waals surface area contributed by atoms with Crippen molar-refractivity contribution in [2.75, 3.05) is 25.0 Å². The first-order valence-electron chi connectivity index (χ1n) is 12.0. The number of methoxy groups -OCH3 is 1. The maximum absolute atomic E-state index is 13.9. The van der Waals surface area contributed by atoms with E-state index in [1.807, 2.05) is 38.1 Å². The molecule has 37 heavy (non-hydrogen) atoms. The standard InChI is InChI=1S/C28H33N3O5S/c1-5-26(28(33)29-3)30(19-22-13-10-9-12-21(22)2)27(32)20-31(23-14-11-15-24(18-23)36-4)37(34,35)25-16-7-6-8-17-25/h6-18,26H,5,19-20H2,1-4H3,(H,29,33). The third-order valence-electron chi connectivity index (χ3n) is 6.19. The van der Waals surface area contributed by atoms with Crippen LogP contribution in [0.5, 0.6) is 5.75 Å². The Morgan fingerprint density at radius 1 is 0.973 bits per heavy atom. The largest absolute Gasteiger partial charge is 0.497 e. The average molecular weight is 524 g/mol. The Morgan fingerprint density at radius 3 is 2.27 bits per heavy atom. The van der Waals surface area contributed by atoms with Gasteiger partial charge in [-0.05, 0) is 48.7 Å². The van der Waals surface area contributed by atoms with Gasteiger partial charge in [0.1, 0.15) is 18.3 Å². The Bertz CT molecular complexity index is 1330. The molecule has 0 spiro atoms. The highest BCUT2D eigenvalue weighted by molar-refractivity contribution is 7.92. The first-order chi connectivity index (χ1) is 17.7. The van der Waals surface area contributed by atoms with Gasteiger partial charge in [0, 0.05) is 19.7 Å². The van der Waals surface area contributed by atoms with Crippen molar-refractivity contribution in [3.63, 3.8) is 0 Å². The summed E-state index contributed by atoms with van der Waals surface area (Å²) in [7, 11) is -1.11. The van der Waals surface area contributed by atoms with Gasteiger partial charge < -0.3 is 15.0 Å². The van der Waals surface area contributed by atoms with Crippen LogP contribution < -0.4 is 14.4 Å². The van der Waals surface area contributed by atoms with Crippen LogP contribution in [0.25, 0.3) is 0 Å². The van der Waals surface area contributed by atoms with Gasteiger partial charge in [-0.1, -0.05) is 55.5 Å². The van der Waals surface area contributed by atoms with E-state index in [-0.39, 0.29) is 23.0 Å². The summed E-state index contributed by atoms with van der Waals surface area (Å²) >= 11 is 0. The van der Waals surface area contributed by atoms with E-state index in [1.54, 1.807) is 42.5 Å². The van der Waals surface area contributed by atoms with E-state index in [0.29, 0.717) is 12.2 Å². The number of anilines is 1. The summed E-state index contributed by atoms with van der Waals surface area (Å²) in [6.07, 6.45) is 0.363. The molecule has 1 unspecified atom stereocenters. The summed E-state index contributed by atoms with van der Waals surface area (Å²) in [6.45, 7) is 3.42. The smallest absolute Gasteiger partial charge is 0.264 e. The zero-order chi connectivity index (χ0) is 27.0. The van der Waals surface area contributed by atoms with Crippen molar-refractivity contribution in [3.05, 3.63) is 90.0 Å². The molecule has 3 aromatic carbocycles. The molecule has 0 aliphatic carbocycles. The van der Waals surface area contributed by atoms with Gasteiger partial charge in [0.15, 0.2) is 0 Å². The van der Waals surface area contributed by atoms with Gasteiger partial charge in [-0.15, -0.1) is 0 Å². The molecule has 196 valence electrons. The van der Waals surface area contributed by atoms with E-state index in [1.165, 1.54) is 31.2 Å². The minimum atomic E-state index is -4.12. The summed E-state index contributed by atoms with van der Waals surface area (Å²) in [5.41, 5.74) is 2.12. The van der Waals surface area contributed by atoms with Crippen LogP contribution in [0, 0.1) is 6.92 Å². The van der Waals surface area contributed by atoms with Crippen LogP contribution in [0.1, 0.15) is 24.5 Å². The summed E-state index contributed by atoms with van der Waals surface area (Å²) in [5.74, 6) is -0.365. The third kappa shape index (κ3) is 6.48. The summed E-state index contributed by atoms with van der Waals surface area (Å²) in [4.78, 5) is 28.2. The second-order valence-corrected chi connectivity index (χ2v) is 10.4. The molecule has 0 aliphatic heterocycles. The number of hydrogen-bond donors (Lipinski definition) is 1. The third-order valence-corrected chi connectivity index (χ3v) is 7.97. The van der Waals surface area contributed by atoms with E-state index in [2.05, 4.69) is 5.32 Å². The van der Waals surface area contributed by atoms with Crippen molar-refractivity contribution in [2.24, 2.45) is 0 Å². The quantitative estimate of drug-likeness (QED) is 0.413. The fourth-order valence-electron chi connectivity index (χ4n) is 4.07. The Kier molecular flexibility index (Phi) is 9.30. The molecule has 9 heteroatoms. The maximum atomic E-state index is 13.9. The fraction of sp³-hybridized carbons (Fsp3) is 0.286. The molecule has 1 atom stereocenters. The number of benzene rings is 3. The molecule has 0 bridgehead atoms. The molecule has 8 nitrogen and oxygen atoms in total. The number of likely N-dealkylation sites (N-methyl/N-ethyl adjacent to an activating group) is 1. The lowest BCUT2D eigenvalue weighted by Crippen LogP contribution is -2.51.